The zero-order valence-electron chi connectivity index (χ0n) is 7.41. The van der Waals surface area contributed by atoms with Crippen LogP contribution in [0.5, 0.6) is 0 Å². The fourth-order valence-electron chi connectivity index (χ4n) is 0.948. The Labute approximate surface area is 85.8 Å². The minimum Gasteiger partial charge on any atom is -0.465 e. The summed E-state index contributed by atoms with van der Waals surface area (Å²) in [6.45, 7) is 0. The number of ether oxygens (including phenoxy) is 1. The molecule has 0 aliphatic rings. The van der Waals surface area contributed by atoms with E-state index in [-0.39, 0.29) is 10.6 Å². The summed E-state index contributed by atoms with van der Waals surface area (Å²) in [6, 6.07) is 4.52. The third-order valence-corrected chi connectivity index (χ3v) is 1.91. The second kappa shape index (κ2) is 4.62. The number of halogens is 1. The van der Waals surface area contributed by atoms with Gasteiger partial charge in [0.15, 0.2) is 0 Å². The van der Waals surface area contributed by atoms with Crippen molar-refractivity contribution in [3.63, 3.8) is 0 Å². The van der Waals surface area contributed by atoms with Crippen LogP contribution in [0.4, 0.5) is 5.69 Å². The minimum absolute atomic E-state index is 0.240. The Morgan fingerprint density at radius 1 is 1.57 bits per heavy atom. The van der Waals surface area contributed by atoms with Crippen molar-refractivity contribution in [2.24, 2.45) is 0 Å². The maximum absolute atomic E-state index is 11.1. The van der Waals surface area contributed by atoms with Gasteiger partial charge < -0.3 is 10.1 Å². The normalized spacial score (nSPS) is 9.29. The highest BCUT2D eigenvalue weighted by atomic mass is 35.5. The Morgan fingerprint density at radius 2 is 2.29 bits per heavy atom. The zero-order valence-corrected chi connectivity index (χ0v) is 8.17. The third-order valence-electron chi connectivity index (χ3n) is 1.60. The monoisotopic (exact) mass is 213 g/mol. The lowest BCUT2D eigenvalue weighted by Crippen LogP contribution is -2.02. The molecular weight excluding hydrogens is 206 g/mol. The van der Waals surface area contributed by atoms with E-state index in [9.17, 15) is 9.59 Å². The smallest absolute Gasteiger partial charge is 0.339 e. The summed E-state index contributed by atoms with van der Waals surface area (Å²) < 4.78 is 4.50. The molecular formula is C9H8ClNO3. The Kier molecular flexibility index (Phi) is 3.48. The quantitative estimate of drug-likeness (QED) is 0.614. The molecule has 0 aromatic heterocycles. The van der Waals surface area contributed by atoms with Crippen molar-refractivity contribution in [2.45, 2.75) is 0 Å². The van der Waals surface area contributed by atoms with Crippen LogP contribution in [0.25, 0.3) is 0 Å². The highest BCUT2D eigenvalue weighted by Crippen LogP contribution is 2.21. The van der Waals surface area contributed by atoms with E-state index < -0.39 is 5.97 Å². The van der Waals surface area contributed by atoms with Gasteiger partial charge in [-0.2, -0.15) is 0 Å². The highest BCUT2D eigenvalue weighted by molar-refractivity contribution is 6.33. The highest BCUT2D eigenvalue weighted by Gasteiger charge is 2.10. The van der Waals surface area contributed by atoms with E-state index in [0.29, 0.717) is 12.1 Å². The molecule has 0 spiro atoms. The summed E-state index contributed by atoms with van der Waals surface area (Å²) >= 11 is 5.78. The zero-order chi connectivity index (χ0) is 10.6. The van der Waals surface area contributed by atoms with Gasteiger partial charge in [0, 0.05) is 5.69 Å². The van der Waals surface area contributed by atoms with E-state index in [0.717, 1.165) is 0 Å². The molecule has 0 radical (unpaired) electrons. The molecule has 0 bridgehead atoms. The van der Waals surface area contributed by atoms with E-state index in [1.165, 1.54) is 19.2 Å². The first kappa shape index (κ1) is 10.5. The van der Waals surface area contributed by atoms with Gasteiger partial charge in [0.1, 0.15) is 0 Å². The molecule has 0 fully saturated rings. The van der Waals surface area contributed by atoms with Crippen LogP contribution in [0.3, 0.4) is 0 Å². The molecule has 0 saturated heterocycles. The Balaban J connectivity index is 3.00. The van der Waals surface area contributed by atoms with Crippen LogP contribution in [0.2, 0.25) is 5.02 Å². The van der Waals surface area contributed by atoms with Crippen LogP contribution in [-0.4, -0.2) is 19.5 Å². The number of carbonyl (C=O) groups excluding carboxylic acids is 2. The fourth-order valence-corrected chi connectivity index (χ4v) is 1.21. The lowest BCUT2D eigenvalue weighted by atomic mass is 10.2. The predicted octanol–water partition coefficient (Wildman–Crippen LogP) is 1.69. The van der Waals surface area contributed by atoms with Gasteiger partial charge in [-0.25, -0.2) is 4.79 Å². The first-order valence-electron chi connectivity index (χ1n) is 3.77. The van der Waals surface area contributed by atoms with Crippen molar-refractivity contribution in [3.8, 4) is 0 Å². The molecule has 1 rings (SSSR count). The number of rotatable bonds is 3. The molecule has 74 valence electrons. The molecule has 1 amide bonds. The summed E-state index contributed by atoms with van der Waals surface area (Å²) in [5, 5.41) is 2.65. The Bertz CT molecular complexity index is 365. The van der Waals surface area contributed by atoms with Crippen LogP contribution in [0.1, 0.15) is 10.4 Å². The topological polar surface area (TPSA) is 55.4 Å². The Morgan fingerprint density at radius 3 is 2.79 bits per heavy atom. The number of carbonyl (C=O) groups is 2. The lowest BCUT2D eigenvalue weighted by molar-refractivity contribution is -0.105. The van der Waals surface area contributed by atoms with E-state index in [2.05, 4.69) is 10.1 Å². The van der Waals surface area contributed by atoms with Gasteiger partial charge in [0.05, 0.1) is 17.7 Å². The predicted molar refractivity (Wildman–Crippen MR) is 52.5 cm³/mol. The van der Waals surface area contributed by atoms with Crippen molar-refractivity contribution in [3.05, 3.63) is 28.8 Å². The van der Waals surface area contributed by atoms with Gasteiger partial charge in [0.25, 0.3) is 0 Å². The fraction of sp³-hybridized carbons (Fsp3) is 0.111. The second-order valence-electron chi connectivity index (χ2n) is 2.45. The molecule has 0 atom stereocenters. The number of anilines is 1. The lowest BCUT2D eigenvalue weighted by Gasteiger charge is -2.04. The molecule has 0 unspecified atom stereocenters. The summed E-state index contributed by atoms with van der Waals surface area (Å²) in [5.41, 5.74) is 0.795. The van der Waals surface area contributed by atoms with Gasteiger partial charge in [-0.15, -0.1) is 0 Å². The van der Waals surface area contributed by atoms with Crippen molar-refractivity contribution in [1.82, 2.24) is 0 Å². The third kappa shape index (κ3) is 2.23. The number of esters is 1. The molecule has 0 saturated carbocycles. The van der Waals surface area contributed by atoms with Gasteiger partial charge >= 0.3 is 5.97 Å². The number of nitrogens with one attached hydrogen (secondary N) is 1. The first-order chi connectivity index (χ1) is 6.69. The average molecular weight is 214 g/mol. The first-order valence-corrected chi connectivity index (χ1v) is 4.15. The van der Waals surface area contributed by atoms with E-state index in [1.807, 2.05) is 0 Å². The molecule has 0 aliphatic heterocycles. The van der Waals surface area contributed by atoms with Crippen LogP contribution >= 0.6 is 11.6 Å². The number of methoxy groups -OCH3 is 1. The van der Waals surface area contributed by atoms with Crippen molar-refractivity contribution in [1.29, 1.82) is 0 Å². The molecule has 4 nitrogen and oxygen atoms in total. The Hall–Kier alpha value is -1.55. The standard InChI is InChI=1S/C9H8ClNO3/c1-14-9(13)7-3-2-6(11-5-12)4-8(7)10/h2-5H,1H3,(H,11,12). The largest absolute Gasteiger partial charge is 0.465 e. The second-order valence-corrected chi connectivity index (χ2v) is 2.86. The van der Waals surface area contributed by atoms with E-state index >= 15 is 0 Å². The van der Waals surface area contributed by atoms with Crippen LogP contribution in [0, 0.1) is 0 Å². The maximum Gasteiger partial charge on any atom is 0.339 e. The average Bonchev–Trinajstić information content (AvgIpc) is 2.17. The molecule has 1 aromatic rings. The molecule has 0 aliphatic carbocycles. The number of benzene rings is 1. The SMILES string of the molecule is COC(=O)c1ccc(NC=O)cc1Cl. The molecule has 14 heavy (non-hydrogen) atoms. The molecule has 1 N–H and O–H groups in total. The van der Waals surface area contributed by atoms with Crippen LogP contribution < -0.4 is 5.32 Å². The van der Waals surface area contributed by atoms with Crippen molar-refractivity contribution in [2.75, 3.05) is 12.4 Å². The molecule has 5 heteroatoms. The van der Waals surface area contributed by atoms with Crippen molar-refractivity contribution < 1.29 is 14.3 Å². The maximum atomic E-state index is 11.1. The summed E-state index contributed by atoms with van der Waals surface area (Å²) in [5.74, 6) is -0.507. The molecule has 1 aromatic carbocycles. The summed E-state index contributed by atoms with van der Waals surface area (Å²) in [6.07, 6.45) is 0.531. The number of amides is 1. The number of hydrogen-bond acceptors (Lipinski definition) is 3. The van der Waals surface area contributed by atoms with Crippen LogP contribution in [0.15, 0.2) is 18.2 Å². The van der Waals surface area contributed by atoms with E-state index in [4.69, 9.17) is 11.6 Å². The van der Waals surface area contributed by atoms with Gasteiger partial charge in [-0.3, -0.25) is 4.79 Å². The van der Waals surface area contributed by atoms with E-state index in [1.54, 1.807) is 6.07 Å². The van der Waals surface area contributed by atoms with Gasteiger partial charge in [-0.1, -0.05) is 11.6 Å². The number of hydrogen-bond donors (Lipinski definition) is 1. The molecule has 0 heterocycles. The minimum atomic E-state index is -0.507. The van der Waals surface area contributed by atoms with Gasteiger partial charge in [0.2, 0.25) is 6.41 Å². The van der Waals surface area contributed by atoms with Crippen molar-refractivity contribution >= 4 is 29.7 Å². The van der Waals surface area contributed by atoms with Gasteiger partial charge in [-0.05, 0) is 18.2 Å². The van der Waals surface area contributed by atoms with Crippen LogP contribution in [-0.2, 0) is 9.53 Å². The summed E-state index contributed by atoms with van der Waals surface area (Å²) in [4.78, 5) is 21.2. The summed E-state index contributed by atoms with van der Waals surface area (Å²) in [7, 11) is 1.27.